The van der Waals surface area contributed by atoms with Gasteiger partial charge in [-0.15, -0.1) is 0 Å². The fourth-order valence-corrected chi connectivity index (χ4v) is 5.06. The number of rotatable bonds is 9. The van der Waals surface area contributed by atoms with Crippen molar-refractivity contribution in [3.05, 3.63) is 48.3 Å². The molecular weight excluding hydrogens is 449 g/mol. The molecule has 180 valence electrons. The number of ether oxygens (including phenoxy) is 2. The summed E-state index contributed by atoms with van der Waals surface area (Å²) in [6.45, 7) is 8.12. The van der Waals surface area contributed by atoms with Gasteiger partial charge < -0.3 is 19.7 Å². The van der Waals surface area contributed by atoms with Crippen LogP contribution in [0.25, 0.3) is 0 Å². The van der Waals surface area contributed by atoms with Crippen molar-refractivity contribution >= 4 is 27.3 Å². The van der Waals surface area contributed by atoms with Crippen LogP contribution in [0.3, 0.4) is 0 Å². The van der Waals surface area contributed by atoms with Crippen molar-refractivity contribution in [3.8, 4) is 5.75 Å². The molecule has 0 aromatic heterocycles. The first-order valence-electron chi connectivity index (χ1n) is 11.0. The molecule has 8 nitrogen and oxygen atoms in total. The first kappa shape index (κ1) is 24.9. The van der Waals surface area contributed by atoms with Gasteiger partial charge in [-0.2, -0.15) is 4.31 Å². The maximum absolute atomic E-state index is 13.1. The van der Waals surface area contributed by atoms with Crippen LogP contribution in [0.15, 0.2) is 47.4 Å². The Morgan fingerprint density at radius 1 is 1.15 bits per heavy atom. The molecule has 1 N–H and O–H groups in total. The molecule has 1 heterocycles. The van der Waals surface area contributed by atoms with Crippen LogP contribution in [-0.4, -0.2) is 64.1 Å². The third-order valence-electron chi connectivity index (χ3n) is 5.42. The van der Waals surface area contributed by atoms with E-state index in [1.54, 1.807) is 32.9 Å². The molecule has 2 aromatic carbocycles. The van der Waals surface area contributed by atoms with Gasteiger partial charge >= 0.3 is 0 Å². The molecule has 0 unspecified atom stereocenters. The largest absolute Gasteiger partial charge is 0.481 e. The first-order chi connectivity index (χ1) is 15.8. The number of carbonyl (C=O) groups excluding carboxylic acids is 1. The Balaban J connectivity index is 1.89. The zero-order valence-electron chi connectivity index (χ0n) is 19.1. The van der Waals surface area contributed by atoms with Gasteiger partial charge in [0.25, 0.3) is 5.91 Å². The van der Waals surface area contributed by atoms with Crippen molar-refractivity contribution in [2.75, 3.05) is 49.6 Å². The number of hydrogen-bond acceptors (Lipinski definition) is 6. The lowest BCUT2D eigenvalue weighted by atomic mass is 10.2. The van der Waals surface area contributed by atoms with E-state index in [4.69, 9.17) is 9.47 Å². The minimum absolute atomic E-state index is 0.102. The van der Waals surface area contributed by atoms with Crippen LogP contribution in [0.4, 0.5) is 15.8 Å². The third kappa shape index (κ3) is 6.01. The summed E-state index contributed by atoms with van der Waals surface area (Å²) < 4.78 is 51.6. The van der Waals surface area contributed by atoms with Crippen LogP contribution >= 0.6 is 0 Å². The summed E-state index contributed by atoms with van der Waals surface area (Å²) >= 11 is 0. The average Bonchev–Trinajstić information content (AvgIpc) is 2.81. The number of hydrogen-bond donors (Lipinski definition) is 1. The molecule has 1 aliphatic heterocycles. The maximum Gasteiger partial charge on any atom is 0.265 e. The van der Waals surface area contributed by atoms with Crippen LogP contribution < -0.4 is 15.0 Å². The lowest BCUT2D eigenvalue weighted by molar-refractivity contribution is -0.122. The number of carbonyl (C=O) groups is 1. The van der Waals surface area contributed by atoms with Gasteiger partial charge in [-0.25, -0.2) is 12.8 Å². The number of benzene rings is 2. The second kappa shape index (κ2) is 11.0. The number of halogens is 1. The summed E-state index contributed by atoms with van der Waals surface area (Å²) in [5.74, 6) is -0.502. The number of nitrogens with one attached hydrogen (secondary N) is 1. The highest BCUT2D eigenvalue weighted by Crippen LogP contribution is 2.31. The van der Waals surface area contributed by atoms with E-state index < -0.39 is 27.9 Å². The van der Waals surface area contributed by atoms with Crippen molar-refractivity contribution in [1.82, 2.24) is 4.31 Å². The molecule has 33 heavy (non-hydrogen) atoms. The fourth-order valence-electron chi connectivity index (χ4n) is 3.57. The smallest absolute Gasteiger partial charge is 0.265 e. The number of anilines is 2. The van der Waals surface area contributed by atoms with Crippen molar-refractivity contribution in [3.63, 3.8) is 0 Å². The second-order valence-electron chi connectivity index (χ2n) is 7.57. The van der Waals surface area contributed by atoms with Gasteiger partial charge in [0.05, 0.1) is 29.5 Å². The lowest BCUT2D eigenvalue weighted by Crippen LogP contribution is -2.37. The van der Waals surface area contributed by atoms with Gasteiger partial charge in [0.2, 0.25) is 10.0 Å². The van der Waals surface area contributed by atoms with Gasteiger partial charge in [0.1, 0.15) is 11.6 Å². The third-order valence-corrected chi connectivity index (χ3v) is 7.46. The fraction of sp³-hybridized carbons (Fsp3) is 0.435. The van der Waals surface area contributed by atoms with Crippen LogP contribution in [0.5, 0.6) is 5.75 Å². The predicted molar refractivity (Wildman–Crippen MR) is 125 cm³/mol. The minimum Gasteiger partial charge on any atom is -0.481 e. The molecule has 0 saturated carbocycles. The van der Waals surface area contributed by atoms with E-state index in [-0.39, 0.29) is 4.90 Å². The maximum atomic E-state index is 13.1. The van der Waals surface area contributed by atoms with E-state index in [0.717, 1.165) is 0 Å². The quantitative estimate of drug-likeness (QED) is 0.595. The molecule has 3 rings (SSSR count). The van der Waals surface area contributed by atoms with E-state index >= 15 is 0 Å². The van der Waals surface area contributed by atoms with E-state index in [9.17, 15) is 17.6 Å². The highest BCUT2D eigenvalue weighted by atomic mass is 32.2. The van der Waals surface area contributed by atoms with Crippen LogP contribution in [0.1, 0.15) is 20.8 Å². The zero-order valence-corrected chi connectivity index (χ0v) is 19.9. The van der Waals surface area contributed by atoms with Gasteiger partial charge in [-0.05, 0) is 49.4 Å². The van der Waals surface area contributed by atoms with Crippen molar-refractivity contribution in [2.24, 2.45) is 0 Å². The molecule has 2 aromatic rings. The van der Waals surface area contributed by atoms with Crippen LogP contribution in [0, 0.1) is 5.82 Å². The minimum atomic E-state index is -3.71. The van der Waals surface area contributed by atoms with Crippen LogP contribution in [0.2, 0.25) is 0 Å². The molecule has 1 amide bonds. The van der Waals surface area contributed by atoms with E-state index in [1.165, 1.54) is 34.6 Å². The van der Waals surface area contributed by atoms with Crippen molar-refractivity contribution < 1.29 is 27.1 Å². The molecule has 1 aliphatic rings. The Hall–Kier alpha value is -2.69. The monoisotopic (exact) mass is 479 g/mol. The number of nitrogens with zero attached hydrogens (tertiary/aromatic N) is 2. The Bertz CT molecular complexity index is 1050. The summed E-state index contributed by atoms with van der Waals surface area (Å²) in [5.41, 5.74) is 1.09. The number of sulfonamides is 1. The molecule has 1 saturated heterocycles. The number of amides is 1. The molecule has 0 spiro atoms. The summed E-state index contributed by atoms with van der Waals surface area (Å²) in [6, 6.07) is 10.1. The Morgan fingerprint density at radius 3 is 2.39 bits per heavy atom. The highest BCUT2D eigenvalue weighted by Gasteiger charge is 2.26. The Morgan fingerprint density at radius 2 is 1.79 bits per heavy atom. The predicted octanol–water partition coefficient (Wildman–Crippen LogP) is 3.10. The lowest BCUT2D eigenvalue weighted by Gasteiger charge is -2.31. The molecule has 0 aliphatic carbocycles. The molecule has 0 radical (unpaired) electrons. The SMILES string of the molecule is CCN(CC)S(=O)(=O)c1ccc(N2CCOCC2)c(NC(=O)[C@@H](C)Oc2ccc(F)cc2)c1. The normalized spacial score (nSPS) is 15.4. The van der Waals surface area contributed by atoms with Gasteiger partial charge in [0, 0.05) is 26.2 Å². The van der Waals surface area contributed by atoms with Crippen molar-refractivity contribution in [2.45, 2.75) is 31.8 Å². The Labute approximate surface area is 194 Å². The molecule has 1 atom stereocenters. The van der Waals surface area contributed by atoms with Gasteiger partial charge in [-0.3, -0.25) is 4.79 Å². The van der Waals surface area contributed by atoms with E-state index in [2.05, 4.69) is 5.32 Å². The molecule has 1 fully saturated rings. The summed E-state index contributed by atoms with van der Waals surface area (Å²) in [5, 5.41) is 2.82. The standard InChI is InChI=1S/C23H30FN3O5S/c1-4-27(5-2)33(29,30)20-10-11-22(26-12-14-31-15-13-26)21(16-20)25-23(28)17(3)32-19-8-6-18(24)7-9-19/h6-11,16-17H,4-5,12-15H2,1-3H3,(H,25,28)/t17-/m1/s1. The second-order valence-corrected chi connectivity index (χ2v) is 9.51. The Kier molecular flexibility index (Phi) is 8.28. The summed E-state index contributed by atoms with van der Waals surface area (Å²) in [4.78, 5) is 15.1. The van der Waals surface area contributed by atoms with Gasteiger partial charge in [0.15, 0.2) is 6.10 Å². The topological polar surface area (TPSA) is 88.2 Å². The van der Waals surface area contributed by atoms with Gasteiger partial charge in [-0.1, -0.05) is 13.8 Å². The average molecular weight is 480 g/mol. The van der Waals surface area contributed by atoms with Crippen molar-refractivity contribution in [1.29, 1.82) is 0 Å². The van der Waals surface area contributed by atoms with Crippen LogP contribution in [-0.2, 0) is 19.6 Å². The van der Waals surface area contributed by atoms with E-state index in [1.807, 2.05) is 4.90 Å². The van der Waals surface area contributed by atoms with E-state index in [0.29, 0.717) is 56.5 Å². The first-order valence-corrected chi connectivity index (χ1v) is 12.4. The summed E-state index contributed by atoms with van der Waals surface area (Å²) in [7, 11) is -3.71. The number of morpholine rings is 1. The molecule has 0 bridgehead atoms. The molecular formula is C23H30FN3O5S. The highest BCUT2D eigenvalue weighted by molar-refractivity contribution is 7.89. The molecule has 10 heteroatoms. The zero-order chi connectivity index (χ0) is 24.0. The summed E-state index contributed by atoms with van der Waals surface area (Å²) in [6.07, 6.45) is -0.893.